The van der Waals surface area contributed by atoms with Gasteiger partial charge in [0.25, 0.3) is 0 Å². The number of methoxy groups -OCH3 is 1. The summed E-state index contributed by atoms with van der Waals surface area (Å²) in [5.74, 6) is 1.45. The molecule has 176 valence electrons. The summed E-state index contributed by atoms with van der Waals surface area (Å²) in [6.07, 6.45) is 3.23. The maximum Gasteiger partial charge on any atom is 0.229 e. The second kappa shape index (κ2) is 9.92. The maximum absolute atomic E-state index is 9.96. The van der Waals surface area contributed by atoms with Crippen LogP contribution in [0, 0.1) is 25.2 Å². The molecule has 0 saturated carbocycles. The van der Waals surface area contributed by atoms with Gasteiger partial charge in [0, 0.05) is 0 Å². The van der Waals surface area contributed by atoms with Crippen molar-refractivity contribution in [3.63, 3.8) is 0 Å². The summed E-state index contributed by atoms with van der Waals surface area (Å²) in [5.41, 5.74) is 11.0. The highest BCUT2D eigenvalue weighted by molar-refractivity contribution is 5.59. The lowest BCUT2D eigenvalue weighted by Gasteiger charge is -2.25. The quantitative estimate of drug-likeness (QED) is 0.461. The molecule has 7 nitrogen and oxygen atoms in total. The Morgan fingerprint density at radius 2 is 1.88 bits per heavy atom. The fourth-order valence-electron chi connectivity index (χ4n) is 4.23. The number of aromatic nitrogens is 2. The lowest BCUT2D eigenvalue weighted by molar-refractivity contribution is 0.286. The lowest BCUT2D eigenvalue weighted by atomic mass is 9.84. The predicted molar refractivity (Wildman–Crippen MR) is 130 cm³/mol. The van der Waals surface area contributed by atoms with E-state index in [1.165, 1.54) is 0 Å². The van der Waals surface area contributed by atoms with Crippen LogP contribution in [0.3, 0.4) is 0 Å². The smallest absolute Gasteiger partial charge is 0.229 e. The van der Waals surface area contributed by atoms with Crippen LogP contribution in [0.1, 0.15) is 54.5 Å². The standard InChI is InChI=1S/C27H30N4O3/c1-5-6-7-14-33-22-13-10-19(15-23(22)32-4)25-21(16-28)26(29)34-27-24(25)18(3)30-31(27)20-11-8-17(2)9-12-20/h8-13,15,25H,5-7,14,29H2,1-4H3/t25-/m1/s1. The van der Waals surface area contributed by atoms with Gasteiger partial charge in [0.15, 0.2) is 11.5 Å². The Hall–Kier alpha value is -3.92. The molecule has 0 radical (unpaired) electrons. The number of ether oxygens (including phenoxy) is 3. The average Bonchev–Trinajstić information content (AvgIpc) is 3.17. The van der Waals surface area contributed by atoms with Crippen LogP contribution in [0.15, 0.2) is 53.9 Å². The van der Waals surface area contributed by atoms with Crippen molar-refractivity contribution in [1.29, 1.82) is 5.26 Å². The molecule has 0 bridgehead atoms. The van der Waals surface area contributed by atoms with Gasteiger partial charge in [-0.1, -0.05) is 43.5 Å². The van der Waals surface area contributed by atoms with Gasteiger partial charge in [0.2, 0.25) is 11.8 Å². The van der Waals surface area contributed by atoms with Crippen LogP contribution in [-0.4, -0.2) is 23.5 Å². The Morgan fingerprint density at radius 1 is 1.12 bits per heavy atom. The van der Waals surface area contributed by atoms with Gasteiger partial charge in [0.1, 0.15) is 11.6 Å². The Kier molecular flexibility index (Phi) is 6.78. The molecule has 1 aliphatic heterocycles. The topological polar surface area (TPSA) is 95.3 Å². The highest BCUT2D eigenvalue weighted by Gasteiger charge is 2.36. The van der Waals surface area contributed by atoms with E-state index < -0.39 is 5.92 Å². The molecule has 34 heavy (non-hydrogen) atoms. The third-order valence-corrected chi connectivity index (χ3v) is 6.04. The summed E-state index contributed by atoms with van der Waals surface area (Å²) < 4.78 is 19.3. The van der Waals surface area contributed by atoms with Crippen LogP contribution in [0.4, 0.5) is 0 Å². The molecule has 4 rings (SSSR count). The SMILES string of the molecule is CCCCCOc1ccc([C@@H]2C(C#N)=C(N)Oc3c2c(C)nn3-c2ccc(C)cc2)cc1OC. The van der Waals surface area contributed by atoms with Gasteiger partial charge in [-0.25, -0.2) is 4.68 Å². The van der Waals surface area contributed by atoms with Crippen LogP contribution in [0.2, 0.25) is 0 Å². The largest absolute Gasteiger partial charge is 0.493 e. The molecule has 2 N–H and O–H groups in total. The number of rotatable bonds is 8. The van der Waals surface area contributed by atoms with Crippen molar-refractivity contribution in [2.75, 3.05) is 13.7 Å². The van der Waals surface area contributed by atoms with Crippen LogP contribution in [0.25, 0.3) is 5.69 Å². The lowest BCUT2D eigenvalue weighted by Crippen LogP contribution is -2.22. The number of allylic oxidation sites excluding steroid dienone is 1. The Morgan fingerprint density at radius 3 is 2.56 bits per heavy atom. The fraction of sp³-hybridized carbons (Fsp3) is 0.333. The summed E-state index contributed by atoms with van der Waals surface area (Å²) in [6, 6.07) is 16.0. The fourth-order valence-corrected chi connectivity index (χ4v) is 4.23. The normalized spacial score (nSPS) is 14.9. The highest BCUT2D eigenvalue weighted by atomic mass is 16.5. The molecule has 0 saturated heterocycles. The van der Waals surface area contributed by atoms with Gasteiger partial charge in [-0.05, 0) is 50.1 Å². The number of fused-ring (bicyclic) bond motifs is 1. The first-order valence-electron chi connectivity index (χ1n) is 11.5. The van der Waals surface area contributed by atoms with Crippen molar-refractivity contribution < 1.29 is 14.2 Å². The molecule has 2 aromatic carbocycles. The molecule has 0 fully saturated rings. The Bertz CT molecular complexity index is 1250. The molecule has 0 aliphatic carbocycles. The van der Waals surface area contributed by atoms with Gasteiger partial charge in [-0.15, -0.1) is 0 Å². The number of unbranched alkanes of at least 4 members (excludes halogenated alkanes) is 2. The van der Waals surface area contributed by atoms with Gasteiger partial charge >= 0.3 is 0 Å². The molecule has 7 heteroatoms. The molecule has 0 amide bonds. The first-order chi connectivity index (χ1) is 16.5. The third-order valence-electron chi connectivity index (χ3n) is 6.04. The summed E-state index contributed by atoms with van der Waals surface area (Å²) in [4.78, 5) is 0. The van der Waals surface area contributed by atoms with Crippen molar-refractivity contribution >= 4 is 0 Å². The van der Waals surface area contributed by atoms with E-state index in [1.807, 2.05) is 56.3 Å². The average molecular weight is 459 g/mol. The number of nitriles is 1. The van der Waals surface area contributed by atoms with E-state index in [2.05, 4.69) is 13.0 Å². The Labute approximate surface area is 200 Å². The van der Waals surface area contributed by atoms with Crippen molar-refractivity contribution in [3.05, 3.63) is 76.3 Å². The van der Waals surface area contributed by atoms with E-state index in [-0.39, 0.29) is 5.88 Å². The van der Waals surface area contributed by atoms with Crippen molar-refractivity contribution in [2.24, 2.45) is 5.73 Å². The van der Waals surface area contributed by atoms with E-state index in [4.69, 9.17) is 25.0 Å². The molecule has 2 heterocycles. The monoisotopic (exact) mass is 458 g/mol. The van der Waals surface area contributed by atoms with Gasteiger partial charge < -0.3 is 19.9 Å². The number of hydrogen-bond acceptors (Lipinski definition) is 6. The molecular weight excluding hydrogens is 428 g/mol. The van der Waals surface area contributed by atoms with E-state index >= 15 is 0 Å². The van der Waals surface area contributed by atoms with Gasteiger partial charge in [0.05, 0.1) is 36.6 Å². The minimum Gasteiger partial charge on any atom is -0.493 e. The zero-order valence-electron chi connectivity index (χ0n) is 20.1. The number of benzene rings is 2. The highest BCUT2D eigenvalue weighted by Crippen LogP contribution is 2.46. The van der Waals surface area contributed by atoms with Gasteiger partial charge in [-0.2, -0.15) is 10.4 Å². The summed E-state index contributed by atoms with van der Waals surface area (Å²) in [7, 11) is 1.61. The van der Waals surface area contributed by atoms with Crippen molar-refractivity contribution in [3.8, 4) is 29.1 Å². The minimum absolute atomic E-state index is 0.0760. The van der Waals surface area contributed by atoms with Crippen molar-refractivity contribution in [1.82, 2.24) is 9.78 Å². The molecule has 1 aliphatic rings. The molecule has 0 unspecified atom stereocenters. The van der Waals surface area contributed by atoms with Gasteiger partial charge in [-0.3, -0.25) is 0 Å². The van der Waals surface area contributed by atoms with Crippen LogP contribution in [-0.2, 0) is 0 Å². The van der Waals surface area contributed by atoms with Crippen molar-refractivity contribution in [2.45, 2.75) is 46.0 Å². The van der Waals surface area contributed by atoms with Crippen LogP contribution in [0.5, 0.6) is 17.4 Å². The van der Waals surface area contributed by atoms with Crippen LogP contribution < -0.4 is 19.9 Å². The second-order valence-electron chi connectivity index (χ2n) is 8.44. The second-order valence-corrected chi connectivity index (χ2v) is 8.44. The molecule has 0 spiro atoms. The molecular formula is C27H30N4O3. The first-order valence-corrected chi connectivity index (χ1v) is 11.5. The van der Waals surface area contributed by atoms with E-state index in [1.54, 1.807) is 11.8 Å². The van der Waals surface area contributed by atoms with E-state index in [9.17, 15) is 5.26 Å². The maximum atomic E-state index is 9.96. The van der Waals surface area contributed by atoms with E-state index in [0.717, 1.165) is 47.3 Å². The predicted octanol–water partition coefficient (Wildman–Crippen LogP) is 5.28. The molecule has 3 aromatic rings. The van der Waals surface area contributed by atoms with E-state index in [0.29, 0.717) is 29.6 Å². The zero-order chi connectivity index (χ0) is 24.2. The zero-order valence-corrected chi connectivity index (χ0v) is 20.1. The number of nitrogens with two attached hydrogens (primary N) is 1. The summed E-state index contributed by atoms with van der Waals surface area (Å²) in [5, 5.41) is 14.7. The molecule has 1 atom stereocenters. The number of nitrogens with zero attached hydrogens (tertiary/aromatic N) is 3. The third kappa shape index (κ3) is 4.32. The van der Waals surface area contributed by atoms with Crippen LogP contribution >= 0.6 is 0 Å². The first kappa shape index (κ1) is 23.2. The number of hydrogen-bond donors (Lipinski definition) is 1. The Balaban J connectivity index is 1.78. The summed E-state index contributed by atoms with van der Waals surface area (Å²) in [6.45, 7) is 6.74. The summed E-state index contributed by atoms with van der Waals surface area (Å²) >= 11 is 0. The molecule has 1 aromatic heterocycles. The number of aryl methyl sites for hydroxylation is 2. The minimum atomic E-state index is -0.434.